The molecule has 2 aromatic rings. The van der Waals surface area contributed by atoms with E-state index in [0.29, 0.717) is 17.1 Å². The molecule has 0 aliphatic heterocycles. The maximum Gasteiger partial charge on any atom is 0.254 e. The van der Waals surface area contributed by atoms with E-state index in [9.17, 15) is 9.59 Å². The lowest BCUT2D eigenvalue weighted by atomic mass is 9.93. The molecule has 0 unspecified atom stereocenters. The Labute approximate surface area is 159 Å². The molecule has 6 nitrogen and oxygen atoms in total. The highest BCUT2D eigenvalue weighted by Gasteiger charge is 2.28. The van der Waals surface area contributed by atoms with Crippen molar-refractivity contribution in [2.45, 2.75) is 58.4 Å². The van der Waals surface area contributed by atoms with Gasteiger partial charge < -0.3 is 14.7 Å². The summed E-state index contributed by atoms with van der Waals surface area (Å²) in [6.07, 6.45) is 6.18. The molecule has 6 heteroatoms. The van der Waals surface area contributed by atoms with Crippen LogP contribution in [0.15, 0.2) is 34.9 Å². The molecule has 1 fully saturated rings. The monoisotopic (exact) mass is 369 g/mol. The number of amides is 2. The molecule has 0 radical (unpaired) electrons. The lowest BCUT2D eigenvalue weighted by Gasteiger charge is -2.34. The van der Waals surface area contributed by atoms with E-state index in [-0.39, 0.29) is 24.4 Å². The number of hydrogen-bond donors (Lipinski definition) is 1. The van der Waals surface area contributed by atoms with Crippen LogP contribution in [0.4, 0.5) is 5.82 Å². The Kier molecular flexibility index (Phi) is 6.27. The number of hydrogen-bond acceptors (Lipinski definition) is 4. The second-order valence-corrected chi connectivity index (χ2v) is 7.15. The first-order valence-corrected chi connectivity index (χ1v) is 9.70. The van der Waals surface area contributed by atoms with Crippen molar-refractivity contribution in [2.24, 2.45) is 0 Å². The smallest absolute Gasteiger partial charge is 0.254 e. The number of aryl methyl sites for hydroxylation is 2. The molecule has 0 bridgehead atoms. The normalized spacial score (nSPS) is 14.7. The van der Waals surface area contributed by atoms with Crippen LogP contribution >= 0.6 is 0 Å². The van der Waals surface area contributed by atoms with Gasteiger partial charge in [0.05, 0.1) is 0 Å². The van der Waals surface area contributed by atoms with Gasteiger partial charge in [0, 0.05) is 17.7 Å². The Morgan fingerprint density at radius 1 is 1.19 bits per heavy atom. The summed E-state index contributed by atoms with van der Waals surface area (Å²) in [4.78, 5) is 27.4. The van der Waals surface area contributed by atoms with Crippen LogP contribution in [0.2, 0.25) is 0 Å². The van der Waals surface area contributed by atoms with Gasteiger partial charge in [0.25, 0.3) is 5.91 Å². The van der Waals surface area contributed by atoms with Crippen molar-refractivity contribution in [1.29, 1.82) is 0 Å². The van der Waals surface area contributed by atoms with E-state index in [1.807, 2.05) is 24.3 Å². The van der Waals surface area contributed by atoms with Crippen molar-refractivity contribution in [3.8, 4) is 0 Å². The van der Waals surface area contributed by atoms with Crippen LogP contribution in [0.3, 0.4) is 0 Å². The third-order valence-electron chi connectivity index (χ3n) is 5.09. The third kappa shape index (κ3) is 4.96. The molecule has 144 valence electrons. The van der Waals surface area contributed by atoms with Gasteiger partial charge in [-0.3, -0.25) is 9.59 Å². The summed E-state index contributed by atoms with van der Waals surface area (Å²) in [6, 6.07) is 9.43. The first-order valence-electron chi connectivity index (χ1n) is 9.70. The van der Waals surface area contributed by atoms with Crippen LogP contribution in [0.25, 0.3) is 0 Å². The summed E-state index contributed by atoms with van der Waals surface area (Å²) >= 11 is 0. The molecule has 1 saturated carbocycles. The Morgan fingerprint density at radius 2 is 1.89 bits per heavy atom. The highest BCUT2D eigenvalue weighted by molar-refractivity contribution is 5.99. The van der Waals surface area contributed by atoms with E-state index in [1.165, 1.54) is 12.0 Å². The first kappa shape index (κ1) is 19.1. The fraction of sp³-hybridized carbons (Fsp3) is 0.476. The topological polar surface area (TPSA) is 75.4 Å². The highest BCUT2D eigenvalue weighted by Crippen LogP contribution is 2.24. The molecule has 0 spiro atoms. The maximum atomic E-state index is 13.1. The van der Waals surface area contributed by atoms with E-state index in [0.717, 1.165) is 32.1 Å². The maximum absolute atomic E-state index is 13.1. The number of nitrogens with zero attached hydrogens (tertiary/aromatic N) is 2. The summed E-state index contributed by atoms with van der Waals surface area (Å²) in [5.41, 5.74) is 1.82. The lowest BCUT2D eigenvalue weighted by Crippen LogP contribution is -2.45. The molecule has 1 aromatic carbocycles. The minimum Gasteiger partial charge on any atom is -0.360 e. The van der Waals surface area contributed by atoms with Crippen LogP contribution in [0, 0.1) is 6.92 Å². The van der Waals surface area contributed by atoms with Crippen LogP contribution < -0.4 is 5.32 Å². The standard InChI is InChI=1S/C21H27N3O3/c1-3-16-9-11-17(12-10-16)21(26)24(18-7-5-4-6-8-18)14-20(25)22-19-13-15(2)27-23-19/h9-13,18H,3-8,14H2,1-2H3,(H,22,23,25). The molecule has 3 rings (SSSR count). The van der Waals surface area contributed by atoms with E-state index in [4.69, 9.17) is 4.52 Å². The summed E-state index contributed by atoms with van der Waals surface area (Å²) in [5.74, 6) is 0.658. The van der Waals surface area contributed by atoms with Crippen molar-refractivity contribution in [3.63, 3.8) is 0 Å². The Balaban J connectivity index is 1.74. The van der Waals surface area contributed by atoms with Crippen LogP contribution in [0.5, 0.6) is 0 Å². The Hall–Kier alpha value is -2.63. The van der Waals surface area contributed by atoms with E-state index in [2.05, 4.69) is 17.4 Å². The largest absolute Gasteiger partial charge is 0.360 e. The van der Waals surface area contributed by atoms with Crippen LogP contribution in [0.1, 0.15) is 60.7 Å². The molecule has 2 amide bonds. The highest BCUT2D eigenvalue weighted by atomic mass is 16.5. The Bertz CT molecular complexity index is 776. The van der Waals surface area contributed by atoms with Gasteiger partial charge in [-0.25, -0.2) is 0 Å². The average molecular weight is 369 g/mol. The van der Waals surface area contributed by atoms with Gasteiger partial charge in [-0.2, -0.15) is 0 Å². The molecular weight excluding hydrogens is 342 g/mol. The molecule has 1 aliphatic carbocycles. The molecule has 27 heavy (non-hydrogen) atoms. The number of nitrogens with one attached hydrogen (secondary N) is 1. The molecule has 1 N–H and O–H groups in total. The molecular formula is C21H27N3O3. The summed E-state index contributed by atoms with van der Waals surface area (Å²) in [7, 11) is 0. The zero-order valence-electron chi connectivity index (χ0n) is 16.0. The van der Waals surface area contributed by atoms with E-state index < -0.39 is 0 Å². The summed E-state index contributed by atoms with van der Waals surface area (Å²) < 4.78 is 4.98. The molecule has 0 atom stereocenters. The number of anilines is 1. The van der Waals surface area contributed by atoms with Crippen LogP contribution in [-0.4, -0.2) is 34.5 Å². The lowest BCUT2D eigenvalue weighted by molar-refractivity contribution is -0.117. The minimum absolute atomic E-state index is 0.0188. The fourth-order valence-corrected chi connectivity index (χ4v) is 3.57. The number of rotatable bonds is 6. The zero-order valence-corrected chi connectivity index (χ0v) is 16.0. The minimum atomic E-state index is -0.257. The van der Waals surface area contributed by atoms with Crippen LogP contribution in [-0.2, 0) is 11.2 Å². The number of aromatic nitrogens is 1. The second-order valence-electron chi connectivity index (χ2n) is 7.15. The molecule has 1 heterocycles. The van der Waals surface area contributed by atoms with Gasteiger partial charge in [-0.15, -0.1) is 0 Å². The summed E-state index contributed by atoms with van der Waals surface area (Å²) in [5, 5.41) is 6.51. The van der Waals surface area contributed by atoms with Gasteiger partial charge in [0.2, 0.25) is 5.91 Å². The molecule has 0 saturated heterocycles. The predicted octanol–water partition coefficient (Wildman–Crippen LogP) is 3.96. The molecule has 1 aliphatic rings. The van der Waals surface area contributed by atoms with Gasteiger partial charge in [0.1, 0.15) is 12.3 Å². The van der Waals surface area contributed by atoms with Crippen molar-refractivity contribution < 1.29 is 14.1 Å². The zero-order chi connectivity index (χ0) is 19.2. The van der Waals surface area contributed by atoms with Gasteiger partial charge in [0.15, 0.2) is 5.82 Å². The van der Waals surface area contributed by atoms with Gasteiger partial charge in [-0.1, -0.05) is 43.5 Å². The third-order valence-corrected chi connectivity index (χ3v) is 5.09. The quantitative estimate of drug-likeness (QED) is 0.836. The predicted molar refractivity (Wildman–Crippen MR) is 104 cm³/mol. The first-order chi connectivity index (χ1) is 13.1. The van der Waals surface area contributed by atoms with Gasteiger partial charge >= 0.3 is 0 Å². The fourth-order valence-electron chi connectivity index (χ4n) is 3.57. The number of carbonyl (C=O) groups is 2. The molecule has 1 aromatic heterocycles. The number of benzene rings is 1. The van der Waals surface area contributed by atoms with Crippen molar-refractivity contribution in [1.82, 2.24) is 10.1 Å². The van der Waals surface area contributed by atoms with Crippen molar-refractivity contribution >= 4 is 17.6 Å². The van der Waals surface area contributed by atoms with Gasteiger partial charge in [-0.05, 0) is 43.9 Å². The summed E-state index contributed by atoms with van der Waals surface area (Å²) in [6.45, 7) is 3.87. The SMILES string of the molecule is CCc1ccc(C(=O)N(CC(=O)Nc2cc(C)on2)C2CCCCC2)cc1. The van der Waals surface area contributed by atoms with Crippen molar-refractivity contribution in [3.05, 3.63) is 47.2 Å². The van der Waals surface area contributed by atoms with E-state index in [1.54, 1.807) is 17.9 Å². The second kappa shape index (κ2) is 8.84. The Morgan fingerprint density at radius 3 is 2.48 bits per heavy atom. The average Bonchev–Trinajstić information content (AvgIpc) is 3.11. The number of carbonyl (C=O) groups excluding carboxylic acids is 2. The van der Waals surface area contributed by atoms with E-state index >= 15 is 0 Å². The van der Waals surface area contributed by atoms with Crippen molar-refractivity contribution in [2.75, 3.05) is 11.9 Å².